The molecule has 0 aliphatic rings. The predicted octanol–water partition coefficient (Wildman–Crippen LogP) is 2.09. The second-order valence-corrected chi connectivity index (χ2v) is 5.22. The van der Waals surface area contributed by atoms with Crippen molar-refractivity contribution in [3.8, 4) is 11.4 Å². The average Bonchev–Trinajstić information content (AvgIpc) is 2.92. The summed E-state index contributed by atoms with van der Waals surface area (Å²) in [4.78, 5) is 6.67. The normalized spacial score (nSPS) is 11.2. The molecule has 0 aliphatic carbocycles. The molecule has 0 bridgehead atoms. The Balaban J connectivity index is 1.78. The SMILES string of the molecule is CN(C)CCCNCCn1ccnc1-c1ccccc1. The van der Waals surface area contributed by atoms with Crippen molar-refractivity contribution >= 4 is 0 Å². The molecule has 1 aromatic heterocycles. The molecule has 4 nitrogen and oxygen atoms in total. The van der Waals surface area contributed by atoms with Crippen LogP contribution in [0.5, 0.6) is 0 Å². The molecule has 1 N–H and O–H groups in total. The first-order chi connectivity index (χ1) is 9.77. The highest BCUT2D eigenvalue weighted by atomic mass is 15.1. The molecule has 0 spiro atoms. The lowest BCUT2D eigenvalue weighted by Crippen LogP contribution is -2.24. The maximum atomic E-state index is 4.45. The standard InChI is InChI=1S/C16H24N4/c1-19(2)12-6-9-17-10-13-20-14-11-18-16(20)15-7-4-3-5-8-15/h3-5,7-8,11,14,17H,6,9-10,12-13H2,1-2H3. The fraction of sp³-hybridized carbons (Fsp3) is 0.438. The summed E-state index contributed by atoms with van der Waals surface area (Å²) in [6.07, 6.45) is 5.10. The summed E-state index contributed by atoms with van der Waals surface area (Å²) in [5, 5.41) is 3.48. The van der Waals surface area contributed by atoms with Crippen LogP contribution in [0.4, 0.5) is 0 Å². The number of hydrogen-bond acceptors (Lipinski definition) is 3. The first-order valence-electron chi connectivity index (χ1n) is 7.19. The summed E-state index contributed by atoms with van der Waals surface area (Å²) in [5.41, 5.74) is 1.17. The first kappa shape index (κ1) is 14.8. The van der Waals surface area contributed by atoms with E-state index >= 15 is 0 Å². The Morgan fingerprint density at radius 1 is 1.15 bits per heavy atom. The highest BCUT2D eigenvalue weighted by Crippen LogP contribution is 2.16. The van der Waals surface area contributed by atoms with Crippen molar-refractivity contribution in [2.24, 2.45) is 0 Å². The van der Waals surface area contributed by atoms with Crippen molar-refractivity contribution in [2.75, 3.05) is 33.7 Å². The van der Waals surface area contributed by atoms with Gasteiger partial charge in [-0.3, -0.25) is 0 Å². The summed E-state index contributed by atoms with van der Waals surface area (Å²) >= 11 is 0. The molecule has 0 saturated heterocycles. The minimum atomic E-state index is 0.951. The van der Waals surface area contributed by atoms with Crippen LogP contribution in [0.3, 0.4) is 0 Å². The van der Waals surface area contributed by atoms with E-state index in [1.165, 1.54) is 12.0 Å². The molecule has 20 heavy (non-hydrogen) atoms. The van der Waals surface area contributed by atoms with Crippen LogP contribution in [0, 0.1) is 0 Å². The van der Waals surface area contributed by atoms with Gasteiger partial charge < -0.3 is 14.8 Å². The van der Waals surface area contributed by atoms with E-state index in [1.54, 1.807) is 0 Å². The molecule has 108 valence electrons. The lowest BCUT2D eigenvalue weighted by molar-refractivity contribution is 0.393. The largest absolute Gasteiger partial charge is 0.330 e. The second-order valence-electron chi connectivity index (χ2n) is 5.22. The van der Waals surface area contributed by atoms with Gasteiger partial charge in [0.25, 0.3) is 0 Å². The highest BCUT2D eigenvalue weighted by molar-refractivity contribution is 5.55. The van der Waals surface area contributed by atoms with Gasteiger partial charge in [-0.05, 0) is 33.6 Å². The van der Waals surface area contributed by atoms with E-state index in [0.29, 0.717) is 0 Å². The quantitative estimate of drug-likeness (QED) is 0.747. The number of aromatic nitrogens is 2. The van der Waals surface area contributed by atoms with E-state index in [4.69, 9.17) is 0 Å². The van der Waals surface area contributed by atoms with E-state index in [-0.39, 0.29) is 0 Å². The van der Waals surface area contributed by atoms with Crippen LogP contribution >= 0.6 is 0 Å². The number of rotatable bonds is 8. The van der Waals surface area contributed by atoms with Gasteiger partial charge in [0.15, 0.2) is 0 Å². The van der Waals surface area contributed by atoms with Crippen LogP contribution in [0.15, 0.2) is 42.7 Å². The Morgan fingerprint density at radius 3 is 2.70 bits per heavy atom. The lowest BCUT2D eigenvalue weighted by Gasteiger charge is -2.11. The Hall–Kier alpha value is -1.65. The van der Waals surface area contributed by atoms with Gasteiger partial charge in [-0.15, -0.1) is 0 Å². The van der Waals surface area contributed by atoms with Crippen LogP contribution in [0.2, 0.25) is 0 Å². The van der Waals surface area contributed by atoms with Crippen molar-refractivity contribution in [2.45, 2.75) is 13.0 Å². The molecule has 0 atom stereocenters. The molecule has 2 rings (SSSR count). The molecule has 1 aromatic carbocycles. The maximum Gasteiger partial charge on any atom is 0.139 e. The fourth-order valence-corrected chi connectivity index (χ4v) is 2.18. The predicted molar refractivity (Wildman–Crippen MR) is 83.7 cm³/mol. The van der Waals surface area contributed by atoms with Gasteiger partial charge in [-0.2, -0.15) is 0 Å². The van der Waals surface area contributed by atoms with E-state index in [0.717, 1.165) is 32.0 Å². The topological polar surface area (TPSA) is 33.1 Å². The molecule has 0 radical (unpaired) electrons. The second kappa shape index (κ2) is 7.82. The monoisotopic (exact) mass is 272 g/mol. The van der Waals surface area contributed by atoms with Crippen molar-refractivity contribution in [1.29, 1.82) is 0 Å². The van der Waals surface area contributed by atoms with Gasteiger partial charge in [-0.25, -0.2) is 4.98 Å². The molecule has 0 unspecified atom stereocenters. The molecule has 1 heterocycles. The Bertz CT molecular complexity index is 490. The summed E-state index contributed by atoms with van der Waals surface area (Å²) < 4.78 is 2.20. The van der Waals surface area contributed by atoms with Gasteiger partial charge in [0.1, 0.15) is 5.82 Å². The van der Waals surface area contributed by atoms with Crippen LogP contribution in [0.1, 0.15) is 6.42 Å². The summed E-state index contributed by atoms with van der Waals surface area (Å²) in [6, 6.07) is 10.3. The minimum Gasteiger partial charge on any atom is -0.330 e. The number of hydrogen-bond donors (Lipinski definition) is 1. The Kier molecular flexibility index (Phi) is 5.77. The minimum absolute atomic E-state index is 0.951. The van der Waals surface area contributed by atoms with Crippen molar-refractivity contribution in [3.63, 3.8) is 0 Å². The number of nitrogens with one attached hydrogen (secondary N) is 1. The molecule has 4 heteroatoms. The zero-order chi connectivity index (χ0) is 14.2. The lowest BCUT2D eigenvalue weighted by atomic mass is 10.2. The Morgan fingerprint density at radius 2 is 1.95 bits per heavy atom. The summed E-state index contributed by atoms with van der Waals surface area (Å²) in [7, 11) is 4.22. The molecular weight excluding hydrogens is 248 g/mol. The van der Waals surface area contributed by atoms with Crippen LogP contribution in [-0.2, 0) is 6.54 Å². The smallest absolute Gasteiger partial charge is 0.139 e. The van der Waals surface area contributed by atoms with Crippen molar-refractivity contribution in [3.05, 3.63) is 42.7 Å². The van der Waals surface area contributed by atoms with Gasteiger partial charge in [0, 0.05) is 31.0 Å². The average molecular weight is 272 g/mol. The van der Waals surface area contributed by atoms with Gasteiger partial charge in [-0.1, -0.05) is 30.3 Å². The van der Waals surface area contributed by atoms with Crippen LogP contribution < -0.4 is 5.32 Å². The first-order valence-corrected chi connectivity index (χ1v) is 7.19. The van der Waals surface area contributed by atoms with Gasteiger partial charge in [0.2, 0.25) is 0 Å². The zero-order valence-corrected chi connectivity index (χ0v) is 12.4. The third kappa shape index (κ3) is 4.47. The fourth-order valence-electron chi connectivity index (χ4n) is 2.18. The molecule has 0 amide bonds. The third-order valence-corrected chi connectivity index (χ3v) is 3.24. The van der Waals surface area contributed by atoms with Crippen molar-refractivity contribution in [1.82, 2.24) is 19.8 Å². The summed E-state index contributed by atoms with van der Waals surface area (Å²) in [6.45, 7) is 4.12. The molecular formula is C16H24N4. The molecule has 0 aliphatic heterocycles. The van der Waals surface area contributed by atoms with E-state index < -0.39 is 0 Å². The third-order valence-electron chi connectivity index (χ3n) is 3.24. The van der Waals surface area contributed by atoms with Gasteiger partial charge >= 0.3 is 0 Å². The van der Waals surface area contributed by atoms with Gasteiger partial charge in [0.05, 0.1) is 0 Å². The van der Waals surface area contributed by atoms with Crippen LogP contribution in [-0.4, -0.2) is 48.2 Å². The Labute approximate surface area is 121 Å². The summed E-state index contributed by atoms with van der Waals surface area (Å²) in [5.74, 6) is 1.04. The number of nitrogens with zero attached hydrogens (tertiary/aromatic N) is 3. The number of benzene rings is 1. The van der Waals surface area contributed by atoms with E-state index in [2.05, 4.69) is 46.0 Å². The number of imidazole rings is 1. The maximum absolute atomic E-state index is 4.45. The highest BCUT2D eigenvalue weighted by Gasteiger charge is 2.04. The zero-order valence-electron chi connectivity index (χ0n) is 12.4. The molecule has 2 aromatic rings. The molecule has 0 fully saturated rings. The van der Waals surface area contributed by atoms with Crippen molar-refractivity contribution < 1.29 is 0 Å². The van der Waals surface area contributed by atoms with E-state index in [9.17, 15) is 0 Å². The molecule has 0 saturated carbocycles. The van der Waals surface area contributed by atoms with E-state index in [1.807, 2.05) is 30.6 Å². The van der Waals surface area contributed by atoms with Crippen LogP contribution in [0.25, 0.3) is 11.4 Å².